The molecular weight excluding hydrogens is 550 g/mol. The SMILES string of the molecule is c1ccc2cc(-c3nc(-c4ccc(-c5cccc6ccccc56)cc4)nc(-c4ccc5oc6ccccc6c5c4)n3)ccc2c1. The molecule has 0 unspecified atom stereocenters. The van der Waals surface area contributed by atoms with Crippen LogP contribution in [0.15, 0.2) is 156 Å². The molecule has 45 heavy (non-hydrogen) atoms. The second kappa shape index (κ2) is 10.2. The van der Waals surface area contributed by atoms with Crippen LogP contribution in [0.25, 0.3) is 88.8 Å². The molecule has 0 aliphatic rings. The lowest BCUT2D eigenvalue weighted by Gasteiger charge is -2.10. The molecule has 2 heterocycles. The Balaban J connectivity index is 1.20. The molecule has 0 saturated carbocycles. The van der Waals surface area contributed by atoms with Crippen LogP contribution in [0, 0.1) is 0 Å². The zero-order valence-corrected chi connectivity index (χ0v) is 24.2. The predicted molar refractivity (Wildman–Crippen MR) is 184 cm³/mol. The Morgan fingerprint density at radius 3 is 1.71 bits per heavy atom. The van der Waals surface area contributed by atoms with E-state index in [4.69, 9.17) is 19.4 Å². The second-order valence-electron chi connectivity index (χ2n) is 11.3. The van der Waals surface area contributed by atoms with Gasteiger partial charge in [-0.15, -0.1) is 0 Å². The van der Waals surface area contributed by atoms with Gasteiger partial charge in [0.2, 0.25) is 0 Å². The van der Waals surface area contributed by atoms with Crippen LogP contribution in [0.2, 0.25) is 0 Å². The average molecular weight is 576 g/mol. The average Bonchev–Trinajstić information content (AvgIpc) is 3.49. The molecule has 0 radical (unpaired) electrons. The van der Waals surface area contributed by atoms with Crippen molar-refractivity contribution in [3.05, 3.63) is 152 Å². The maximum absolute atomic E-state index is 6.09. The summed E-state index contributed by atoms with van der Waals surface area (Å²) in [7, 11) is 0. The van der Waals surface area contributed by atoms with Gasteiger partial charge >= 0.3 is 0 Å². The molecule has 0 fully saturated rings. The highest BCUT2D eigenvalue weighted by molar-refractivity contribution is 6.06. The Kier molecular flexibility index (Phi) is 5.78. The smallest absolute Gasteiger partial charge is 0.164 e. The van der Waals surface area contributed by atoms with Gasteiger partial charge in [-0.1, -0.05) is 121 Å². The first-order valence-corrected chi connectivity index (χ1v) is 15.0. The summed E-state index contributed by atoms with van der Waals surface area (Å²) in [5.74, 6) is 1.88. The normalized spacial score (nSPS) is 11.6. The van der Waals surface area contributed by atoms with Gasteiger partial charge in [0.1, 0.15) is 11.2 Å². The molecule has 7 aromatic carbocycles. The standard InChI is InChI=1S/C41H25N3O/c1-2-10-30-24-31(21-16-26(30)8-1)40-42-39(29-19-17-28(18-20-29)34-14-7-11-27-9-3-4-12-33(27)34)43-41(44-40)32-22-23-38-36(25-32)35-13-5-6-15-37(35)45-38/h1-25H. The molecule has 0 atom stereocenters. The summed E-state index contributed by atoms with van der Waals surface area (Å²) in [4.78, 5) is 15.1. The number of nitrogens with zero attached hydrogens (tertiary/aromatic N) is 3. The van der Waals surface area contributed by atoms with E-state index in [1.165, 1.54) is 21.7 Å². The number of rotatable bonds is 4. The van der Waals surface area contributed by atoms with Crippen molar-refractivity contribution in [1.82, 2.24) is 15.0 Å². The molecular formula is C41H25N3O. The molecule has 0 saturated heterocycles. The van der Waals surface area contributed by atoms with Crippen LogP contribution in [0.5, 0.6) is 0 Å². The lowest BCUT2D eigenvalue weighted by molar-refractivity contribution is 0.669. The van der Waals surface area contributed by atoms with Gasteiger partial charge in [-0.05, 0) is 63.0 Å². The maximum Gasteiger partial charge on any atom is 0.164 e. The van der Waals surface area contributed by atoms with Crippen LogP contribution in [0.4, 0.5) is 0 Å². The summed E-state index contributed by atoms with van der Waals surface area (Å²) in [6.45, 7) is 0. The summed E-state index contributed by atoms with van der Waals surface area (Å²) in [5, 5.41) is 6.89. The lowest BCUT2D eigenvalue weighted by Crippen LogP contribution is -2.00. The van der Waals surface area contributed by atoms with E-state index < -0.39 is 0 Å². The third-order valence-electron chi connectivity index (χ3n) is 8.52. The fourth-order valence-electron chi connectivity index (χ4n) is 6.23. The molecule has 2 aromatic heterocycles. The van der Waals surface area contributed by atoms with Crippen molar-refractivity contribution in [2.24, 2.45) is 0 Å². The van der Waals surface area contributed by atoms with Gasteiger partial charge < -0.3 is 4.42 Å². The van der Waals surface area contributed by atoms with Crippen molar-refractivity contribution in [2.45, 2.75) is 0 Å². The van der Waals surface area contributed by atoms with Crippen molar-refractivity contribution >= 4 is 43.5 Å². The molecule has 210 valence electrons. The van der Waals surface area contributed by atoms with Crippen molar-refractivity contribution in [3.8, 4) is 45.3 Å². The zero-order chi connectivity index (χ0) is 29.7. The second-order valence-corrected chi connectivity index (χ2v) is 11.3. The van der Waals surface area contributed by atoms with Crippen LogP contribution >= 0.6 is 0 Å². The van der Waals surface area contributed by atoms with Crippen LogP contribution in [0.3, 0.4) is 0 Å². The van der Waals surface area contributed by atoms with Crippen molar-refractivity contribution in [2.75, 3.05) is 0 Å². The topological polar surface area (TPSA) is 51.8 Å². The fraction of sp³-hybridized carbons (Fsp3) is 0. The maximum atomic E-state index is 6.09. The highest BCUT2D eigenvalue weighted by Crippen LogP contribution is 2.34. The lowest BCUT2D eigenvalue weighted by atomic mass is 9.97. The third kappa shape index (κ3) is 4.43. The van der Waals surface area contributed by atoms with E-state index >= 15 is 0 Å². The molecule has 4 nitrogen and oxygen atoms in total. The molecule has 0 N–H and O–H groups in total. The number of para-hydroxylation sites is 1. The van der Waals surface area contributed by atoms with E-state index in [2.05, 4.69) is 121 Å². The molecule has 4 heteroatoms. The zero-order valence-electron chi connectivity index (χ0n) is 24.2. The molecule has 9 rings (SSSR count). The van der Waals surface area contributed by atoms with Crippen LogP contribution in [0.1, 0.15) is 0 Å². The van der Waals surface area contributed by atoms with E-state index in [1.54, 1.807) is 0 Å². The third-order valence-corrected chi connectivity index (χ3v) is 8.52. The van der Waals surface area contributed by atoms with Gasteiger partial charge in [-0.2, -0.15) is 0 Å². The summed E-state index contributed by atoms with van der Waals surface area (Å²) < 4.78 is 6.09. The first-order chi connectivity index (χ1) is 22.3. The number of furan rings is 1. The van der Waals surface area contributed by atoms with Crippen molar-refractivity contribution in [3.63, 3.8) is 0 Å². The number of hydrogen-bond donors (Lipinski definition) is 0. The first kappa shape index (κ1) is 25.4. The number of hydrogen-bond acceptors (Lipinski definition) is 4. The Labute approximate surface area is 259 Å². The van der Waals surface area contributed by atoms with Crippen LogP contribution < -0.4 is 0 Å². The summed E-state index contributed by atoms with van der Waals surface area (Å²) in [6, 6.07) is 52.4. The van der Waals surface area contributed by atoms with E-state index in [0.29, 0.717) is 17.5 Å². The summed E-state index contributed by atoms with van der Waals surface area (Å²) in [6.07, 6.45) is 0. The van der Waals surface area contributed by atoms with Crippen molar-refractivity contribution in [1.29, 1.82) is 0 Å². The van der Waals surface area contributed by atoms with Gasteiger partial charge in [0.25, 0.3) is 0 Å². The highest BCUT2D eigenvalue weighted by atomic mass is 16.3. The van der Waals surface area contributed by atoms with Gasteiger partial charge in [0, 0.05) is 27.5 Å². The van der Waals surface area contributed by atoms with Gasteiger partial charge in [-0.3, -0.25) is 0 Å². The molecule has 0 spiro atoms. The predicted octanol–water partition coefficient (Wildman–Crippen LogP) is 10.7. The Morgan fingerprint density at radius 2 is 0.889 bits per heavy atom. The van der Waals surface area contributed by atoms with Gasteiger partial charge in [-0.25, -0.2) is 15.0 Å². The Morgan fingerprint density at radius 1 is 0.333 bits per heavy atom. The number of benzene rings is 7. The van der Waals surface area contributed by atoms with Crippen molar-refractivity contribution < 1.29 is 4.42 Å². The summed E-state index contributed by atoms with van der Waals surface area (Å²) >= 11 is 0. The Bertz CT molecular complexity index is 2540. The minimum atomic E-state index is 0.619. The minimum absolute atomic E-state index is 0.619. The fourth-order valence-corrected chi connectivity index (χ4v) is 6.23. The number of aromatic nitrogens is 3. The van der Waals surface area contributed by atoms with Gasteiger partial charge in [0.15, 0.2) is 17.5 Å². The minimum Gasteiger partial charge on any atom is -0.456 e. The molecule has 0 aliphatic heterocycles. The largest absolute Gasteiger partial charge is 0.456 e. The molecule has 9 aromatic rings. The molecule has 0 aliphatic carbocycles. The van der Waals surface area contributed by atoms with Crippen LogP contribution in [-0.2, 0) is 0 Å². The number of fused-ring (bicyclic) bond motifs is 5. The summed E-state index contributed by atoms with van der Waals surface area (Å²) in [5.41, 5.74) is 6.84. The van der Waals surface area contributed by atoms with E-state index in [9.17, 15) is 0 Å². The van der Waals surface area contributed by atoms with Crippen LogP contribution in [-0.4, -0.2) is 15.0 Å². The molecule has 0 amide bonds. The van der Waals surface area contributed by atoms with Gasteiger partial charge in [0.05, 0.1) is 0 Å². The van der Waals surface area contributed by atoms with E-state index in [-0.39, 0.29) is 0 Å². The first-order valence-electron chi connectivity index (χ1n) is 15.0. The van der Waals surface area contributed by atoms with E-state index in [0.717, 1.165) is 49.6 Å². The highest BCUT2D eigenvalue weighted by Gasteiger charge is 2.15. The Hall–Kier alpha value is -6.13. The molecule has 0 bridgehead atoms. The van der Waals surface area contributed by atoms with E-state index in [1.807, 2.05) is 30.3 Å². The quantitative estimate of drug-likeness (QED) is 0.209. The monoisotopic (exact) mass is 575 g/mol.